The zero-order chi connectivity index (χ0) is 22.5. The Balaban J connectivity index is 1.71. The van der Waals surface area contributed by atoms with Gasteiger partial charge in [0, 0.05) is 19.8 Å². The largest absolute Gasteiger partial charge is 0.497 e. The molecule has 2 aromatic carbocycles. The monoisotopic (exact) mass is 431 g/mol. The molecular weight excluding hydrogens is 406 g/mol. The van der Waals surface area contributed by atoms with Gasteiger partial charge in [-0.3, -0.25) is 9.63 Å². The summed E-state index contributed by atoms with van der Waals surface area (Å²) in [6.45, 7) is 1.10. The summed E-state index contributed by atoms with van der Waals surface area (Å²) in [6, 6.07) is 17.8. The van der Waals surface area contributed by atoms with Crippen LogP contribution in [0.2, 0.25) is 0 Å². The number of aromatic nitrogens is 3. The van der Waals surface area contributed by atoms with Gasteiger partial charge in [-0.05, 0) is 23.3 Å². The summed E-state index contributed by atoms with van der Waals surface area (Å²) in [5.74, 6) is 0.510. The average molecular weight is 431 g/mol. The predicted octanol–water partition coefficient (Wildman–Crippen LogP) is 3.73. The summed E-state index contributed by atoms with van der Waals surface area (Å²) in [4.78, 5) is 22.5. The Hall–Kier alpha value is -3.91. The van der Waals surface area contributed by atoms with Gasteiger partial charge < -0.3 is 10.1 Å². The fourth-order valence-electron chi connectivity index (χ4n) is 3.44. The fraction of sp³-hybridized carbons (Fsp3) is 0.208. The highest BCUT2D eigenvalue weighted by Crippen LogP contribution is 2.28. The molecule has 1 amide bonds. The minimum Gasteiger partial charge on any atom is -0.497 e. The Kier molecular flexibility index (Phi) is 6.32. The van der Waals surface area contributed by atoms with Crippen LogP contribution >= 0.6 is 0 Å². The number of hydroxylamine groups is 2. The van der Waals surface area contributed by atoms with Crippen molar-refractivity contribution >= 4 is 22.6 Å². The first-order valence-corrected chi connectivity index (χ1v) is 10.2. The zero-order valence-electron chi connectivity index (χ0n) is 18.3. The maximum absolute atomic E-state index is 12.9. The first kappa shape index (κ1) is 21.3. The highest BCUT2D eigenvalue weighted by molar-refractivity contribution is 6.06. The number of hydrogen-bond donors (Lipinski definition) is 1. The average Bonchev–Trinajstić information content (AvgIpc) is 3.25. The maximum Gasteiger partial charge on any atom is 0.280 e. The van der Waals surface area contributed by atoms with Crippen LogP contribution in [0, 0.1) is 0 Å². The Labute approximate surface area is 186 Å². The number of hydrogen-bond acceptors (Lipinski definition) is 6. The second-order valence-corrected chi connectivity index (χ2v) is 7.26. The molecule has 4 rings (SSSR count). The van der Waals surface area contributed by atoms with Crippen molar-refractivity contribution in [3.63, 3.8) is 0 Å². The van der Waals surface area contributed by atoms with E-state index >= 15 is 0 Å². The molecule has 32 heavy (non-hydrogen) atoms. The second-order valence-electron chi connectivity index (χ2n) is 7.26. The lowest BCUT2D eigenvalue weighted by molar-refractivity contribution is -0.0756. The summed E-state index contributed by atoms with van der Waals surface area (Å²) in [6.07, 6.45) is 3.31. The highest BCUT2D eigenvalue weighted by Gasteiger charge is 2.21. The van der Waals surface area contributed by atoms with E-state index in [1.54, 1.807) is 26.6 Å². The number of fused-ring (bicyclic) bond motifs is 1. The summed E-state index contributed by atoms with van der Waals surface area (Å²) in [5.41, 5.74) is 3.95. The number of benzene rings is 2. The number of carbonyl (C=O) groups excluding carboxylic acids is 1. The Morgan fingerprint density at radius 3 is 2.47 bits per heavy atom. The third-order valence-electron chi connectivity index (χ3n) is 5.26. The van der Waals surface area contributed by atoms with Gasteiger partial charge in [0.1, 0.15) is 5.75 Å². The van der Waals surface area contributed by atoms with E-state index in [9.17, 15) is 4.79 Å². The van der Waals surface area contributed by atoms with Crippen molar-refractivity contribution in [3.8, 4) is 5.75 Å². The van der Waals surface area contributed by atoms with Crippen LogP contribution in [0.5, 0.6) is 5.75 Å². The molecule has 0 unspecified atom stereocenters. The Morgan fingerprint density at radius 1 is 1.03 bits per heavy atom. The zero-order valence-corrected chi connectivity index (χ0v) is 18.3. The Morgan fingerprint density at radius 2 is 1.78 bits per heavy atom. The van der Waals surface area contributed by atoms with Gasteiger partial charge in [0.15, 0.2) is 5.65 Å². The number of ether oxygens (including phenoxy) is 1. The number of rotatable bonds is 8. The van der Waals surface area contributed by atoms with E-state index in [4.69, 9.17) is 9.57 Å². The lowest BCUT2D eigenvalue weighted by Crippen LogP contribution is -2.26. The van der Waals surface area contributed by atoms with Gasteiger partial charge in [-0.2, -0.15) is 5.10 Å². The molecule has 0 aliphatic heterocycles. The van der Waals surface area contributed by atoms with E-state index < -0.39 is 0 Å². The molecule has 8 nitrogen and oxygen atoms in total. The Bertz CT molecular complexity index is 1210. The topological polar surface area (TPSA) is 81.5 Å². The van der Waals surface area contributed by atoms with Gasteiger partial charge >= 0.3 is 0 Å². The molecular formula is C24H25N5O3. The van der Waals surface area contributed by atoms with E-state index in [1.807, 2.05) is 59.3 Å². The molecule has 8 heteroatoms. The minimum atomic E-state index is -0.291. The van der Waals surface area contributed by atoms with Crippen molar-refractivity contribution in [3.05, 3.63) is 83.7 Å². The van der Waals surface area contributed by atoms with Crippen molar-refractivity contribution in [1.82, 2.24) is 19.8 Å². The lowest BCUT2D eigenvalue weighted by Gasteiger charge is -2.17. The van der Waals surface area contributed by atoms with Gasteiger partial charge in [0.25, 0.3) is 5.91 Å². The summed E-state index contributed by atoms with van der Waals surface area (Å²) in [7, 11) is 4.66. The van der Waals surface area contributed by atoms with Crippen LogP contribution in [0.15, 0.2) is 67.0 Å². The van der Waals surface area contributed by atoms with Gasteiger partial charge in [0.2, 0.25) is 0 Å². The third kappa shape index (κ3) is 4.40. The molecule has 0 atom stereocenters. The minimum absolute atomic E-state index is 0.291. The highest BCUT2D eigenvalue weighted by atomic mass is 16.7. The molecule has 2 aromatic heterocycles. The van der Waals surface area contributed by atoms with Crippen LogP contribution in [0.4, 0.5) is 5.69 Å². The number of pyridine rings is 1. The molecule has 0 spiro atoms. The van der Waals surface area contributed by atoms with Crippen LogP contribution in [-0.2, 0) is 17.9 Å². The smallest absolute Gasteiger partial charge is 0.280 e. The molecule has 4 aromatic rings. The number of amides is 1. The SMILES string of the molecule is COc1ccc(Cn2ncc3c(NCc4ccccc4)c(C(=O)N(C)OC)cnc32)cc1. The van der Waals surface area contributed by atoms with Gasteiger partial charge in [-0.25, -0.2) is 14.7 Å². The van der Waals surface area contributed by atoms with E-state index in [1.165, 1.54) is 12.2 Å². The number of nitrogens with zero attached hydrogens (tertiary/aromatic N) is 4. The molecule has 2 heterocycles. The number of anilines is 1. The van der Waals surface area contributed by atoms with Crippen molar-refractivity contribution in [1.29, 1.82) is 0 Å². The summed E-state index contributed by atoms with van der Waals surface area (Å²) in [5, 5.41) is 9.90. The molecule has 0 radical (unpaired) electrons. The van der Waals surface area contributed by atoms with Gasteiger partial charge in [-0.15, -0.1) is 0 Å². The lowest BCUT2D eigenvalue weighted by atomic mass is 10.1. The quantitative estimate of drug-likeness (QED) is 0.428. The van der Waals surface area contributed by atoms with E-state index in [-0.39, 0.29) is 5.91 Å². The van der Waals surface area contributed by atoms with E-state index in [2.05, 4.69) is 15.4 Å². The van der Waals surface area contributed by atoms with Gasteiger partial charge in [0.05, 0.1) is 43.6 Å². The normalized spacial score (nSPS) is 10.8. The number of carbonyl (C=O) groups is 1. The maximum atomic E-state index is 12.9. The molecule has 164 valence electrons. The van der Waals surface area contributed by atoms with E-state index in [0.717, 1.165) is 22.3 Å². The summed E-state index contributed by atoms with van der Waals surface area (Å²) >= 11 is 0. The third-order valence-corrected chi connectivity index (χ3v) is 5.26. The van der Waals surface area contributed by atoms with Gasteiger partial charge in [-0.1, -0.05) is 42.5 Å². The number of methoxy groups -OCH3 is 1. The molecule has 1 N–H and O–H groups in total. The van der Waals surface area contributed by atoms with E-state index in [0.29, 0.717) is 30.0 Å². The van der Waals surface area contributed by atoms with Crippen LogP contribution in [0.3, 0.4) is 0 Å². The van der Waals surface area contributed by atoms with Crippen molar-refractivity contribution < 1.29 is 14.4 Å². The standard InChI is InChI=1S/C24H25N5O3/c1-28(32-3)24(30)21-14-26-23-20(22(21)25-13-17-7-5-4-6-8-17)15-27-29(23)16-18-9-11-19(31-2)12-10-18/h4-12,14-15H,13,16H2,1-3H3,(H,25,26). The molecule has 0 bridgehead atoms. The van der Waals surface area contributed by atoms with Crippen molar-refractivity contribution in [2.24, 2.45) is 0 Å². The first-order valence-electron chi connectivity index (χ1n) is 10.2. The summed E-state index contributed by atoms with van der Waals surface area (Å²) < 4.78 is 7.05. The first-order chi connectivity index (χ1) is 15.6. The molecule has 0 saturated carbocycles. The second kappa shape index (κ2) is 9.49. The van der Waals surface area contributed by atoms with Crippen molar-refractivity contribution in [2.45, 2.75) is 13.1 Å². The van der Waals surface area contributed by atoms with Crippen molar-refractivity contribution in [2.75, 3.05) is 26.6 Å². The van der Waals surface area contributed by atoms with Crippen LogP contribution < -0.4 is 10.1 Å². The molecule has 0 saturated heterocycles. The van der Waals surface area contributed by atoms with Crippen LogP contribution in [-0.4, -0.2) is 47.0 Å². The fourth-order valence-corrected chi connectivity index (χ4v) is 3.44. The number of nitrogens with one attached hydrogen (secondary N) is 1. The van der Waals surface area contributed by atoms with Crippen LogP contribution in [0.1, 0.15) is 21.5 Å². The molecule has 0 aliphatic carbocycles. The molecule has 0 aliphatic rings. The van der Waals surface area contributed by atoms with Crippen LogP contribution in [0.25, 0.3) is 11.0 Å². The molecule has 0 fully saturated rings. The predicted molar refractivity (Wildman–Crippen MR) is 122 cm³/mol.